The van der Waals surface area contributed by atoms with Gasteiger partial charge in [-0.15, -0.1) is 0 Å². The molecule has 20 heavy (non-hydrogen) atoms. The average Bonchev–Trinajstić information content (AvgIpc) is 2.33. The number of amides is 2. The van der Waals surface area contributed by atoms with Gasteiger partial charge in [0.2, 0.25) is 0 Å². The third-order valence-corrected chi connectivity index (χ3v) is 2.78. The normalized spacial score (nSPS) is 11.3. The van der Waals surface area contributed by atoms with Gasteiger partial charge >= 0.3 is 6.03 Å². The van der Waals surface area contributed by atoms with Crippen molar-refractivity contribution < 1.29 is 9.53 Å². The first kappa shape index (κ1) is 16.3. The zero-order valence-electron chi connectivity index (χ0n) is 13.1. The number of hydrogen-bond acceptors (Lipinski definition) is 2. The van der Waals surface area contributed by atoms with E-state index in [-0.39, 0.29) is 17.5 Å². The van der Waals surface area contributed by atoms with Crippen LogP contribution in [0.4, 0.5) is 4.79 Å². The summed E-state index contributed by atoms with van der Waals surface area (Å²) >= 11 is 0. The summed E-state index contributed by atoms with van der Waals surface area (Å²) in [4.78, 5) is 11.4. The Morgan fingerprint density at radius 2 is 2.00 bits per heavy atom. The SMILES string of the molecule is CC(C)NC(=O)NCCOc1cccc(C(C)(C)C)c1. The molecule has 0 aliphatic heterocycles. The first-order chi connectivity index (χ1) is 9.29. The Balaban J connectivity index is 2.38. The van der Waals surface area contributed by atoms with Gasteiger partial charge in [0.1, 0.15) is 12.4 Å². The predicted molar refractivity (Wildman–Crippen MR) is 82.3 cm³/mol. The molecule has 0 unspecified atom stereocenters. The van der Waals surface area contributed by atoms with Crippen LogP contribution in [0.2, 0.25) is 0 Å². The molecule has 0 saturated carbocycles. The smallest absolute Gasteiger partial charge is 0.315 e. The molecular formula is C16H26N2O2. The van der Waals surface area contributed by atoms with Gasteiger partial charge in [0.15, 0.2) is 0 Å². The van der Waals surface area contributed by atoms with Crippen molar-refractivity contribution in [2.75, 3.05) is 13.2 Å². The number of hydrogen-bond donors (Lipinski definition) is 2. The van der Waals surface area contributed by atoms with Crippen LogP contribution in [0.25, 0.3) is 0 Å². The molecule has 1 aromatic carbocycles. The quantitative estimate of drug-likeness (QED) is 0.813. The fraction of sp³-hybridized carbons (Fsp3) is 0.562. The zero-order chi connectivity index (χ0) is 15.2. The van der Waals surface area contributed by atoms with E-state index in [0.29, 0.717) is 13.2 Å². The van der Waals surface area contributed by atoms with Crippen LogP contribution in [-0.2, 0) is 5.41 Å². The lowest BCUT2D eigenvalue weighted by atomic mass is 9.87. The lowest BCUT2D eigenvalue weighted by molar-refractivity contribution is 0.234. The summed E-state index contributed by atoms with van der Waals surface area (Å²) in [7, 11) is 0. The van der Waals surface area contributed by atoms with Gasteiger partial charge in [0.05, 0.1) is 6.54 Å². The summed E-state index contributed by atoms with van der Waals surface area (Å²) < 4.78 is 5.65. The highest BCUT2D eigenvalue weighted by molar-refractivity contribution is 5.74. The number of ether oxygens (including phenoxy) is 1. The highest BCUT2D eigenvalue weighted by Gasteiger charge is 2.13. The van der Waals surface area contributed by atoms with Crippen LogP contribution in [-0.4, -0.2) is 25.2 Å². The van der Waals surface area contributed by atoms with E-state index in [1.165, 1.54) is 5.56 Å². The van der Waals surface area contributed by atoms with Crippen molar-refractivity contribution in [1.82, 2.24) is 10.6 Å². The molecule has 4 heteroatoms. The average molecular weight is 278 g/mol. The number of carbonyl (C=O) groups is 1. The number of urea groups is 1. The molecule has 0 aliphatic rings. The highest BCUT2D eigenvalue weighted by atomic mass is 16.5. The molecule has 0 heterocycles. The number of rotatable bonds is 5. The zero-order valence-corrected chi connectivity index (χ0v) is 13.1. The van der Waals surface area contributed by atoms with E-state index >= 15 is 0 Å². The summed E-state index contributed by atoms with van der Waals surface area (Å²) in [5, 5.41) is 5.52. The van der Waals surface area contributed by atoms with Gasteiger partial charge in [-0.25, -0.2) is 4.79 Å². The van der Waals surface area contributed by atoms with E-state index in [1.54, 1.807) is 0 Å². The van der Waals surface area contributed by atoms with Gasteiger partial charge in [-0.2, -0.15) is 0 Å². The molecule has 0 aromatic heterocycles. The van der Waals surface area contributed by atoms with Crippen molar-refractivity contribution in [3.05, 3.63) is 29.8 Å². The minimum absolute atomic E-state index is 0.106. The maximum atomic E-state index is 11.4. The summed E-state index contributed by atoms with van der Waals surface area (Å²) in [5.74, 6) is 0.837. The fourth-order valence-electron chi connectivity index (χ4n) is 1.70. The first-order valence-electron chi connectivity index (χ1n) is 7.07. The second kappa shape index (κ2) is 7.17. The van der Waals surface area contributed by atoms with Crippen LogP contribution in [0.15, 0.2) is 24.3 Å². The Morgan fingerprint density at radius 1 is 1.30 bits per heavy atom. The largest absolute Gasteiger partial charge is 0.492 e. The maximum Gasteiger partial charge on any atom is 0.315 e. The van der Waals surface area contributed by atoms with Gasteiger partial charge < -0.3 is 15.4 Å². The summed E-state index contributed by atoms with van der Waals surface area (Å²) in [6.45, 7) is 11.3. The van der Waals surface area contributed by atoms with Gasteiger partial charge in [-0.1, -0.05) is 32.9 Å². The number of nitrogens with one attached hydrogen (secondary N) is 2. The van der Waals surface area contributed by atoms with E-state index in [4.69, 9.17) is 4.74 Å². The lowest BCUT2D eigenvalue weighted by Crippen LogP contribution is -2.41. The van der Waals surface area contributed by atoms with E-state index < -0.39 is 0 Å². The number of carbonyl (C=O) groups excluding carboxylic acids is 1. The van der Waals surface area contributed by atoms with E-state index in [1.807, 2.05) is 32.0 Å². The molecule has 1 rings (SSSR count). The van der Waals surface area contributed by atoms with Gasteiger partial charge in [0, 0.05) is 6.04 Å². The standard InChI is InChI=1S/C16H26N2O2/c1-12(2)18-15(19)17-9-10-20-14-8-6-7-13(11-14)16(3,4)5/h6-8,11-12H,9-10H2,1-5H3,(H2,17,18,19). The summed E-state index contributed by atoms with van der Waals surface area (Å²) in [6.07, 6.45) is 0. The molecule has 0 radical (unpaired) electrons. The van der Waals surface area contributed by atoms with Crippen LogP contribution < -0.4 is 15.4 Å². The van der Waals surface area contributed by atoms with E-state index in [0.717, 1.165) is 5.75 Å². The molecule has 112 valence electrons. The molecule has 0 spiro atoms. The lowest BCUT2D eigenvalue weighted by Gasteiger charge is -2.19. The summed E-state index contributed by atoms with van der Waals surface area (Å²) in [5.41, 5.74) is 1.34. The Morgan fingerprint density at radius 3 is 2.60 bits per heavy atom. The van der Waals surface area contributed by atoms with Crippen LogP contribution >= 0.6 is 0 Å². The molecule has 0 aliphatic carbocycles. The van der Waals surface area contributed by atoms with Gasteiger partial charge in [-0.05, 0) is 37.0 Å². The molecule has 2 N–H and O–H groups in total. The molecule has 2 amide bonds. The van der Waals surface area contributed by atoms with Gasteiger partial charge in [0.25, 0.3) is 0 Å². The van der Waals surface area contributed by atoms with Crippen molar-refractivity contribution in [3.63, 3.8) is 0 Å². The van der Waals surface area contributed by atoms with Gasteiger partial charge in [-0.3, -0.25) is 0 Å². The second-order valence-corrected chi connectivity index (χ2v) is 6.18. The molecule has 4 nitrogen and oxygen atoms in total. The predicted octanol–water partition coefficient (Wildman–Crippen LogP) is 3.07. The highest BCUT2D eigenvalue weighted by Crippen LogP contribution is 2.25. The third kappa shape index (κ3) is 5.95. The Bertz CT molecular complexity index is 436. The number of benzene rings is 1. The van der Waals surface area contributed by atoms with Crippen molar-refractivity contribution in [2.24, 2.45) is 0 Å². The summed E-state index contributed by atoms with van der Waals surface area (Å²) in [6, 6.07) is 8.06. The molecule has 1 aromatic rings. The minimum atomic E-state index is -0.160. The third-order valence-electron chi connectivity index (χ3n) is 2.78. The van der Waals surface area contributed by atoms with Crippen LogP contribution in [0, 0.1) is 0 Å². The van der Waals surface area contributed by atoms with Crippen LogP contribution in [0.5, 0.6) is 5.75 Å². The van der Waals surface area contributed by atoms with Crippen molar-refractivity contribution in [2.45, 2.75) is 46.1 Å². The van der Waals surface area contributed by atoms with E-state index in [9.17, 15) is 4.79 Å². The second-order valence-electron chi connectivity index (χ2n) is 6.18. The van der Waals surface area contributed by atoms with Crippen molar-refractivity contribution in [1.29, 1.82) is 0 Å². The van der Waals surface area contributed by atoms with Crippen LogP contribution in [0.3, 0.4) is 0 Å². The van der Waals surface area contributed by atoms with E-state index in [2.05, 4.69) is 37.5 Å². The Hall–Kier alpha value is -1.71. The molecule has 0 fully saturated rings. The Labute approximate surface area is 121 Å². The molecular weight excluding hydrogens is 252 g/mol. The molecule has 0 bridgehead atoms. The molecule has 0 saturated heterocycles. The minimum Gasteiger partial charge on any atom is -0.492 e. The molecule has 0 atom stereocenters. The first-order valence-corrected chi connectivity index (χ1v) is 7.07. The topological polar surface area (TPSA) is 50.4 Å². The fourth-order valence-corrected chi connectivity index (χ4v) is 1.70. The van der Waals surface area contributed by atoms with Crippen molar-refractivity contribution in [3.8, 4) is 5.75 Å². The maximum absolute atomic E-state index is 11.4. The van der Waals surface area contributed by atoms with Crippen LogP contribution in [0.1, 0.15) is 40.2 Å². The monoisotopic (exact) mass is 278 g/mol. The van der Waals surface area contributed by atoms with Crippen molar-refractivity contribution >= 4 is 6.03 Å². The Kier molecular flexibility index (Phi) is 5.86.